The van der Waals surface area contributed by atoms with E-state index in [1.165, 1.54) is 29.0 Å². The maximum absolute atomic E-state index is 12.6. The van der Waals surface area contributed by atoms with Crippen molar-refractivity contribution in [1.29, 1.82) is 0 Å². The molecule has 7 nitrogen and oxygen atoms in total. The van der Waals surface area contributed by atoms with Crippen LogP contribution in [0, 0.1) is 0 Å². The number of benzene rings is 1. The first-order valence-corrected chi connectivity index (χ1v) is 12.5. The maximum atomic E-state index is 12.6. The fourth-order valence-corrected chi connectivity index (χ4v) is 5.12. The zero-order valence-corrected chi connectivity index (χ0v) is 18.6. The van der Waals surface area contributed by atoms with E-state index < -0.39 is 10.0 Å². The molecule has 4 heterocycles. The molecule has 3 aromatic heterocycles. The van der Waals surface area contributed by atoms with Crippen molar-refractivity contribution in [2.75, 3.05) is 13.1 Å². The standard InChI is InChI=1S/C23H20N4O3S2/c24-32(29,30)18-5-3-15(4-6-18)17-12-19-20(14-26-22(19)25-13-17)16-7-9-27(10-8-16)23(28)21-2-1-11-31-21/h1-7,11-14H,8-10H2,(H,25,26)(H2,24,29,30). The Morgan fingerprint density at radius 3 is 2.62 bits per heavy atom. The number of primary sulfonamides is 1. The highest BCUT2D eigenvalue weighted by Gasteiger charge is 2.21. The largest absolute Gasteiger partial charge is 0.346 e. The number of fused-ring (bicyclic) bond motifs is 1. The number of amides is 1. The van der Waals surface area contributed by atoms with Gasteiger partial charge in [0.2, 0.25) is 10.0 Å². The summed E-state index contributed by atoms with van der Waals surface area (Å²) in [6.45, 7) is 1.23. The van der Waals surface area contributed by atoms with Crippen LogP contribution in [-0.2, 0) is 10.0 Å². The molecule has 5 rings (SSSR count). The Morgan fingerprint density at radius 2 is 1.97 bits per heavy atom. The Morgan fingerprint density at radius 1 is 1.16 bits per heavy atom. The molecule has 1 aromatic carbocycles. The van der Waals surface area contributed by atoms with E-state index in [2.05, 4.69) is 16.0 Å². The lowest BCUT2D eigenvalue weighted by Gasteiger charge is -2.26. The molecule has 1 amide bonds. The highest BCUT2D eigenvalue weighted by atomic mass is 32.2. The summed E-state index contributed by atoms with van der Waals surface area (Å²) in [5.41, 5.74) is 4.76. The van der Waals surface area contributed by atoms with Crippen LogP contribution in [0.25, 0.3) is 27.7 Å². The fraction of sp³-hybridized carbons (Fsp3) is 0.130. The number of thiophene rings is 1. The Labute approximate surface area is 189 Å². The Hall–Kier alpha value is -3.27. The van der Waals surface area contributed by atoms with Crippen LogP contribution >= 0.6 is 11.3 Å². The van der Waals surface area contributed by atoms with E-state index in [1.54, 1.807) is 18.3 Å². The summed E-state index contributed by atoms with van der Waals surface area (Å²) in [4.78, 5) is 23.1. The highest BCUT2D eigenvalue weighted by Crippen LogP contribution is 2.32. The molecule has 0 radical (unpaired) electrons. The van der Waals surface area contributed by atoms with Gasteiger partial charge in [-0.05, 0) is 47.2 Å². The monoisotopic (exact) mass is 464 g/mol. The first-order valence-electron chi connectivity index (χ1n) is 10.0. The number of aromatic amines is 1. The first-order chi connectivity index (χ1) is 15.4. The molecule has 0 bridgehead atoms. The number of nitrogens with one attached hydrogen (secondary N) is 1. The predicted octanol–water partition coefficient (Wildman–Crippen LogP) is 3.87. The number of H-pyrrole nitrogens is 1. The third kappa shape index (κ3) is 3.86. The molecule has 0 fully saturated rings. The first kappa shape index (κ1) is 20.6. The maximum Gasteiger partial charge on any atom is 0.264 e. The number of nitrogens with zero attached hydrogens (tertiary/aromatic N) is 2. The minimum atomic E-state index is -3.73. The summed E-state index contributed by atoms with van der Waals surface area (Å²) in [7, 11) is -3.73. The van der Waals surface area contributed by atoms with Gasteiger partial charge in [-0.15, -0.1) is 11.3 Å². The third-order valence-corrected chi connectivity index (χ3v) is 7.41. The third-order valence-electron chi connectivity index (χ3n) is 5.62. The van der Waals surface area contributed by atoms with Crippen molar-refractivity contribution in [2.24, 2.45) is 5.14 Å². The molecular weight excluding hydrogens is 444 g/mol. The van der Waals surface area contributed by atoms with Gasteiger partial charge in [0.1, 0.15) is 5.65 Å². The SMILES string of the molecule is NS(=O)(=O)c1ccc(-c2cnc3[nH]cc(C4=CCN(C(=O)c5cccs5)CC4)c3c2)cc1. The van der Waals surface area contributed by atoms with Crippen LogP contribution in [0.4, 0.5) is 0 Å². The van der Waals surface area contributed by atoms with E-state index in [0.717, 1.165) is 39.0 Å². The van der Waals surface area contributed by atoms with E-state index in [4.69, 9.17) is 5.14 Å². The zero-order chi connectivity index (χ0) is 22.3. The minimum absolute atomic E-state index is 0.0705. The summed E-state index contributed by atoms with van der Waals surface area (Å²) >= 11 is 1.46. The number of aromatic nitrogens is 2. The number of nitrogens with two attached hydrogens (primary N) is 1. The van der Waals surface area contributed by atoms with E-state index in [-0.39, 0.29) is 10.8 Å². The lowest BCUT2D eigenvalue weighted by molar-refractivity contribution is 0.0777. The molecule has 4 aromatic rings. The van der Waals surface area contributed by atoms with Crippen molar-refractivity contribution < 1.29 is 13.2 Å². The van der Waals surface area contributed by atoms with Crippen LogP contribution in [0.2, 0.25) is 0 Å². The van der Waals surface area contributed by atoms with Gasteiger partial charge in [0, 0.05) is 42.0 Å². The van der Waals surface area contributed by atoms with Crippen molar-refractivity contribution in [3.05, 3.63) is 76.8 Å². The van der Waals surface area contributed by atoms with Crippen molar-refractivity contribution in [2.45, 2.75) is 11.3 Å². The second kappa shape index (κ2) is 8.01. The van der Waals surface area contributed by atoms with Gasteiger partial charge < -0.3 is 9.88 Å². The van der Waals surface area contributed by atoms with Crippen LogP contribution in [0.1, 0.15) is 21.7 Å². The highest BCUT2D eigenvalue weighted by molar-refractivity contribution is 7.89. The number of hydrogen-bond donors (Lipinski definition) is 2. The summed E-state index contributed by atoms with van der Waals surface area (Å²) in [5.74, 6) is 0.0705. The van der Waals surface area contributed by atoms with E-state index in [0.29, 0.717) is 13.1 Å². The van der Waals surface area contributed by atoms with Gasteiger partial charge in [-0.2, -0.15) is 0 Å². The average Bonchev–Trinajstić information content (AvgIpc) is 3.48. The number of pyridine rings is 1. The summed E-state index contributed by atoms with van der Waals surface area (Å²) in [6, 6.07) is 12.2. The van der Waals surface area contributed by atoms with Gasteiger partial charge in [-0.25, -0.2) is 18.5 Å². The topological polar surface area (TPSA) is 109 Å². The Balaban J connectivity index is 1.43. The lowest BCUT2D eigenvalue weighted by Crippen LogP contribution is -2.34. The van der Waals surface area contributed by atoms with E-state index in [1.807, 2.05) is 34.7 Å². The van der Waals surface area contributed by atoms with Crippen LogP contribution in [0.5, 0.6) is 0 Å². The molecule has 0 aliphatic carbocycles. The van der Waals surface area contributed by atoms with Crippen molar-refractivity contribution in [3.63, 3.8) is 0 Å². The van der Waals surface area contributed by atoms with E-state index >= 15 is 0 Å². The predicted molar refractivity (Wildman–Crippen MR) is 126 cm³/mol. The van der Waals surface area contributed by atoms with Gasteiger partial charge >= 0.3 is 0 Å². The van der Waals surface area contributed by atoms with Crippen LogP contribution in [0.3, 0.4) is 0 Å². The van der Waals surface area contributed by atoms with Gasteiger partial charge in [0.25, 0.3) is 5.91 Å². The Kier molecular flexibility index (Phi) is 5.16. The van der Waals surface area contributed by atoms with Crippen molar-refractivity contribution >= 4 is 43.9 Å². The molecule has 3 N–H and O–H groups in total. The van der Waals surface area contributed by atoms with E-state index in [9.17, 15) is 13.2 Å². The smallest absolute Gasteiger partial charge is 0.264 e. The summed E-state index contributed by atoms with van der Waals surface area (Å²) in [6.07, 6.45) is 6.57. The second-order valence-corrected chi connectivity index (χ2v) is 10.1. The average molecular weight is 465 g/mol. The number of rotatable bonds is 4. The van der Waals surface area contributed by atoms with Crippen molar-refractivity contribution in [3.8, 4) is 11.1 Å². The molecule has 32 heavy (non-hydrogen) atoms. The van der Waals surface area contributed by atoms with Crippen molar-refractivity contribution in [1.82, 2.24) is 14.9 Å². The number of hydrogen-bond acceptors (Lipinski definition) is 5. The molecule has 1 aliphatic rings. The normalized spacial score (nSPS) is 14.5. The second-order valence-electron chi connectivity index (χ2n) is 7.60. The van der Waals surface area contributed by atoms with Crippen LogP contribution < -0.4 is 5.14 Å². The van der Waals surface area contributed by atoms with Gasteiger partial charge in [-0.1, -0.05) is 24.3 Å². The molecule has 0 spiro atoms. The van der Waals surface area contributed by atoms with Crippen LogP contribution in [0.15, 0.2) is 71.2 Å². The number of carbonyl (C=O) groups excluding carboxylic acids is 1. The molecule has 0 saturated heterocycles. The Bertz CT molecular complexity index is 1440. The molecule has 0 saturated carbocycles. The van der Waals surface area contributed by atoms with Crippen LogP contribution in [-0.4, -0.2) is 42.3 Å². The summed E-state index contributed by atoms with van der Waals surface area (Å²) < 4.78 is 23.0. The quantitative estimate of drug-likeness (QED) is 0.478. The molecule has 1 aliphatic heterocycles. The van der Waals surface area contributed by atoms with Gasteiger partial charge in [0.05, 0.1) is 9.77 Å². The van der Waals surface area contributed by atoms with Gasteiger partial charge in [0.15, 0.2) is 0 Å². The number of sulfonamides is 1. The fourth-order valence-electron chi connectivity index (χ4n) is 3.92. The molecule has 0 atom stereocenters. The summed E-state index contributed by atoms with van der Waals surface area (Å²) in [5, 5.41) is 8.09. The van der Waals surface area contributed by atoms with Gasteiger partial charge in [-0.3, -0.25) is 4.79 Å². The molecule has 0 unspecified atom stereocenters. The lowest BCUT2D eigenvalue weighted by atomic mass is 9.98. The minimum Gasteiger partial charge on any atom is -0.346 e. The molecule has 9 heteroatoms. The number of carbonyl (C=O) groups is 1. The molecular formula is C23H20N4O3S2. The zero-order valence-electron chi connectivity index (χ0n) is 17.0. The molecule has 162 valence electrons.